The van der Waals surface area contributed by atoms with Crippen LogP contribution in [0.25, 0.3) is 0 Å². The highest BCUT2D eigenvalue weighted by Crippen LogP contribution is 2.16. The van der Waals surface area contributed by atoms with Crippen LogP contribution >= 0.6 is 23.4 Å². The first-order valence-corrected chi connectivity index (χ1v) is 5.17. The molecule has 1 N–H and O–H groups in total. The van der Waals surface area contributed by atoms with E-state index in [2.05, 4.69) is 25.4 Å². The summed E-state index contributed by atoms with van der Waals surface area (Å²) in [5.74, 6) is 0.694. The van der Waals surface area contributed by atoms with Crippen molar-refractivity contribution in [3.8, 4) is 0 Å². The fourth-order valence-electron chi connectivity index (χ4n) is 0.827. The Bertz CT molecular complexity index is 387. The van der Waals surface area contributed by atoms with Gasteiger partial charge in [-0.1, -0.05) is 23.4 Å². The highest BCUT2D eigenvalue weighted by molar-refractivity contribution is 7.98. The Morgan fingerprint density at radius 3 is 2.93 bits per heavy atom. The number of halogens is 1. The molecule has 2 heterocycles. The predicted octanol–water partition coefficient (Wildman–Crippen LogP) is 1.54. The standard InChI is InChI=1S/C7H6ClN5S/c8-6-2-1-5(11-12-6)3-14-7-9-4-10-13-7/h1-2,4H,3H2,(H,9,10,13). The summed E-state index contributed by atoms with van der Waals surface area (Å²) in [7, 11) is 0. The Morgan fingerprint density at radius 2 is 2.29 bits per heavy atom. The van der Waals surface area contributed by atoms with E-state index < -0.39 is 0 Å². The van der Waals surface area contributed by atoms with Crippen molar-refractivity contribution >= 4 is 23.4 Å². The molecule has 0 fully saturated rings. The van der Waals surface area contributed by atoms with Gasteiger partial charge >= 0.3 is 0 Å². The molecule has 0 aliphatic carbocycles. The van der Waals surface area contributed by atoms with Crippen LogP contribution in [-0.4, -0.2) is 25.4 Å². The minimum atomic E-state index is 0.401. The Hall–Kier alpha value is -1.14. The summed E-state index contributed by atoms with van der Waals surface area (Å²) in [5, 5.41) is 15.3. The molecule has 14 heavy (non-hydrogen) atoms. The van der Waals surface area contributed by atoms with Crippen molar-refractivity contribution in [2.45, 2.75) is 10.9 Å². The molecule has 0 radical (unpaired) electrons. The molecule has 0 aliphatic heterocycles. The second-order valence-electron chi connectivity index (χ2n) is 2.43. The van der Waals surface area contributed by atoms with E-state index in [1.54, 1.807) is 6.07 Å². The van der Waals surface area contributed by atoms with E-state index in [1.165, 1.54) is 18.1 Å². The third-order valence-electron chi connectivity index (χ3n) is 1.44. The van der Waals surface area contributed by atoms with Gasteiger partial charge in [-0.05, 0) is 12.1 Å². The van der Waals surface area contributed by atoms with Crippen LogP contribution in [0.15, 0.2) is 23.6 Å². The third-order valence-corrected chi connectivity index (χ3v) is 2.55. The molecule has 0 saturated heterocycles. The highest BCUT2D eigenvalue weighted by Gasteiger charge is 2.00. The first-order valence-electron chi connectivity index (χ1n) is 3.81. The normalized spacial score (nSPS) is 10.4. The molecular weight excluding hydrogens is 222 g/mol. The van der Waals surface area contributed by atoms with Crippen LogP contribution in [0.4, 0.5) is 0 Å². The number of hydrogen-bond donors (Lipinski definition) is 1. The van der Waals surface area contributed by atoms with E-state index >= 15 is 0 Å². The van der Waals surface area contributed by atoms with Gasteiger partial charge < -0.3 is 0 Å². The molecular formula is C7H6ClN5S. The smallest absolute Gasteiger partial charge is 0.183 e. The number of aromatic nitrogens is 5. The average Bonchev–Trinajstić information content (AvgIpc) is 2.70. The van der Waals surface area contributed by atoms with Crippen LogP contribution in [0.3, 0.4) is 0 Å². The lowest BCUT2D eigenvalue weighted by atomic mass is 10.4. The molecule has 0 saturated carbocycles. The van der Waals surface area contributed by atoms with Gasteiger partial charge in [0.25, 0.3) is 0 Å². The SMILES string of the molecule is Clc1ccc(CSc2ncn[nH]2)nn1. The van der Waals surface area contributed by atoms with Gasteiger partial charge in [0.15, 0.2) is 10.3 Å². The van der Waals surface area contributed by atoms with Crippen molar-refractivity contribution in [1.82, 2.24) is 25.4 Å². The monoisotopic (exact) mass is 227 g/mol. The van der Waals surface area contributed by atoms with E-state index in [0.717, 1.165) is 10.9 Å². The zero-order valence-corrected chi connectivity index (χ0v) is 8.59. The maximum Gasteiger partial charge on any atom is 0.183 e. The first-order chi connectivity index (χ1) is 6.84. The topological polar surface area (TPSA) is 67.3 Å². The number of nitrogens with one attached hydrogen (secondary N) is 1. The van der Waals surface area contributed by atoms with Gasteiger partial charge in [-0.3, -0.25) is 5.10 Å². The van der Waals surface area contributed by atoms with Crippen molar-refractivity contribution in [3.05, 3.63) is 29.3 Å². The Labute approximate surface area is 89.3 Å². The van der Waals surface area contributed by atoms with E-state index in [-0.39, 0.29) is 0 Å². The van der Waals surface area contributed by atoms with Crippen molar-refractivity contribution < 1.29 is 0 Å². The van der Waals surface area contributed by atoms with Crippen molar-refractivity contribution in [1.29, 1.82) is 0 Å². The minimum Gasteiger partial charge on any atom is -0.254 e. The molecule has 2 rings (SSSR count). The van der Waals surface area contributed by atoms with Gasteiger partial charge in [-0.2, -0.15) is 10.2 Å². The maximum atomic E-state index is 5.60. The second-order valence-corrected chi connectivity index (χ2v) is 3.78. The maximum absolute atomic E-state index is 5.60. The summed E-state index contributed by atoms with van der Waals surface area (Å²) in [4.78, 5) is 3.97. The molecule has 72 valence electrons. The van der Waals surface area contributed by atoms with Gasteiger partial charge in [0.05, 0.1) is 5.69 Å². The summed E-state index contributed by atoms with van der Waals surface area (Å²) >= 11 is 7.11. The number of nitrogens with zero attached hydrogens (tertiary/aromatic N) is 4. The lowest BCUT2D eigenvalue weighted by Crippen LogP contribution is -1.90. The van der Waals surface area contributed by atoms with Crippen LogP contribution in [0.1, 0.15) is 5.69 Å². The summed E-state index contributed by atoms with van der Waals surface area (Å²) < 4.78 is 0. The molecule has 0 unspecified atom stereocenters. The zero-order valence-electron chi connectivity index (χ0n) is 7.01. The van der Waals surface area contributed by atoms with Crippen molar-refractivity contribution in [3.63, 3.8) is 0 Å². The molecule has 0 aliphatic rings. The summed E-state index contributed by atoms with van der Waals surface area (Å²) in [6, 6.07) is 3.55. The fraction of sp³-hybridized carbons (Fsp3) is 0.143. The van der Waals surface area contributed by atoms with Crippen molar-refractivity contribution in [2.24, 2.45) is 0 Å². The minimum absolute atomic E-state index is 0.401. The van der Waals surface area contributed by atoms with Crippen LogP contribution < -0.4 is 0 Å². The number of H-pyrrole nitrogens is 1. The second kappa shape index (κ2) is 4.39. The van der Waals surface area contributed by atoms with E-state index in [9.17, 15) is 0 Å². The Kier molecular flexibility index (Phi) is 2.95. The quantitative estimate of drug-likeness (QED) is 0.806. The van der Waals surface area contributed by atoms with E-state index in [1.807, 2.05) is 6.07 Å². The predicted molar refractivity (Wildman–Crippen MR) is 53.0 cm³/mol. The molecule has 0 atom stereocenters. The highest BCUT2D eigenvalue weighted by atomic mass is 35.5. The number of aromatic amines is 1. The lowest BCUT2D eigenvalue weighted by molar-refractivity contribution is 0.954. The molecule has 0 bridgehead atoms. The molecule has 0 amide bonds. The Morgan fingerprint density at radius 1 is 1.36 bits per heavy atom. The molecule has 2 aromatic rings. The van der Waals surface area contributed by atoms with E-state index in [4.69, 9.17) is 11.6 Å². The number of hydrogen-bond acceptors (Lipinski definition) is 5. The van der Waals surface area contributed by atoms with Gasteiger partial charge in [0.2, 0.25) is 0 Å². The van der Waals surface area contributed by atoms with Crippen molar-refractivity contribution in [2.75, 3.05) is 0 Å². The first kappa shape index (κ1) is 9.42. The Balaban J connectivity index is 1.95. The number of rotatable bonds is 3. The largest absolute Gasteiger partial charge is 0.254 e. The van der Waals surface area contributed by atoms with Crippen LogP contribution in [-0.2, 0) is 5.75 Å². The van der Waals surface area contributed by atoms with Crippen LogP contribution in [0.2, 0.25) is 5.15 Å². The average molecular weight is 228 g/mol. The lowest BCUT2D eigenvalue weighted by Gasteiger charge is -1.96. The summed E-state index contributed by atoms with van der Waals surface area (Å²) in [6.07, 6.45) is 1.47. The summed E-state index contributed by atoms with van der Waals surface area (Å²) in [5.41, 5.74) is 0.857. The third kappa shape index (κ3) is 2.43. The molecule has 7 heteroatoms. The van der Waals surface area contributed by atoms with Crippen LogP contribution in [0.5, 0.6) is 0 Å². The molecule has 0 aromatic carbocycles. The number of thioether (sulfide) groups is 1. The van der Waals surface area contributed by atoms with Gasteiger partial charge in [-0.15, -0.1) is 5.10 Å². The molecule has 5 nitrogen and oxygen atoms in total. The van der Waals surface area contributed by atoms with Gasteiger partial charge in [0.1, 0.15) is 6.33 Å². The summed E-state index contributed by atoms with van der Waals surface area (Å²) in [6.45, 7) is 0. The van der Waals surface area contributed by atoms with Gasteiger partial charge in [-0.25, -0.2) is 4.98 Å². The van der Waals surface area contributed by atoms with Gasteiger partial charge in [0, 0.05) is 5.75 Å². The van der Waals surface area contributed by atoms with Crippen LogP contribution in [0, 0.1) is 0 Å². The molecule has 0 spiro atoms. The fourth-order valence-corrected chi connectivity index (χ4v) is 1.60. The molecule has 2 aromatic heterocycles. The van der Waals surface area contributed by atoms with E-state index in [0.29, 0.717) is 10.9 Å². The zero-order chi connectivity index (χ0) is 9.80.